The molecule has 0 aliphatic carbocycles. The predicted octanol–water partition coefficient (Wildman–Crippen LogP) is 2.26. The van der Waals surface area contributed by atoms with Gasteiger partial charge in [-0.1, -0.05) is 6.07 Å². The Morgan fingerprint density at radius 3 is 2.28 bits per heavy atom. The van der Waals surface area contributed by atoms with Crippen LogP contribution in [-0.2, 0) is 0 Å². The highest BCUT2D eigenvalue weighted by Crippen LogP contribution is 2.13. The van der Waals surface area contributed by atoms with E-state index in [1.54, 1.807) is 0 Å². The van der Waals surface area contributed by atoms with Crippen LogP contribution in [0.25, 0.3) is 5.69 Å². The van der Waals surface area contributed by atoms with Gasteiger partial charge in [-0.05, 0) is 51.0 Å². The van der Waals surface area contributed by atoms with E-state index in [1.807, 2.05) is 45.9 Å². The Balaban J connectivity index is 2.66. The molecule has 5 heteroatoms. The van der Waals surface area contributed by atoms with E-state index in [1.165, 1.54) is 14.1 Å². The van der Waals surface area contributed by atoms with E-state index < -0.39 is 0 Å². The summed E-state index contributed by atoms with van der Waals surface area (Å²) in [6.07, 6.45) is 0. The van der Waals surface area contributed by atoms with E-state index in [2.05, 4.69) is 0 Å². The van der Waals surface area contributed by atoms with Gasteiger partial charge in [0.05, 0.1) is 5.69 Å². The normalized spacial score (nSPS) is 11.2. The van der Waals surface area contributed by atoms with Gasteiger partial charge in [-0.15, -0.1) is 0 Å². The molecule has 2 rings (SSSR count). The SMILES string of the molecule is Cc1ccc(-n2sc(=O)n(C(C)C)c2=O)cc1C. The van der Waals surface area contributed by atoms with E-state index in [0.29, 0.717) is 0 Å². The van der Waals surface area contributed by atoms with Crippen LogP contribution in [0.3, 0.4) is 0 Å². The van der Waals surface area contributed by atoms with Gasteiger partial charge in [-0.3, -0.25) is 4.79 Å². The molecule has 96 valence electrons. The van der Waals surface area contributed by atoms with Crippen molar-refractivity contribution in [1.82, 2.24) is 8.52 Å². The van der Waals surface area contributed by atoms with E-state index in [4.69, 9.17) is 0 Å². The molecule has 1 heterocycles. The average Bonchev–Trinajstić information content (AvgIpc) is 2.58. The van der Waals surface area contributed by atoms with Gasteiger partial charge in [0.1, 0.15) is 0 Å². The zero-order chi connectivity index (χ0) is 13.4. The molecule has 0 saturated carbocycles. The molecule has 0 amide bonds. The minimum absolute atomic E-state index is 0.117. The number of aryl methyl sites for hydroxylation is 2. The number of hydrogen-bond donors (Lipinski definition) is 0. The summed E-state index contributed by atoms with van der Waals surface area (Å²) >= 11 is 0.949. The lowest BCUT2D eigenvalue weighted by molar-refractivity contribution is 0.560. The number of benzene rings is 1. The van der Waals surface area contributed by atoms with Crippen molar-refractivity contribution in [3.63, 3.8) is 0 Å². The lowest BCUT2D eigenvalue weighted by Crippen LogP contribution is -2.29. The van der Waals surface area contributed by atoms with Crippen LogP contribution in [0.2, 0.25) is 0 Å². The van der Waals surface area contributed by atoms with Crippen LogP contribution in [0.5, 0.6) is 0 Å². The summed E-state index contributed by atoms with van der Waals surface area (Å²) in [7, 11) is 0. The number of hydrogen-bond acceptors (Lipinski definition) is 3. The fourth-order valence-electron chi connectivity index (χ4n) is 1.78. The van der Waals surface area contributed by atoms with Crippen molar-refractivity contribution in [3.05, 3.63) is 49.5 Å². The zero-order valence-electron chi connectivity index (χ0n) is 10.9. The summed E-state index contributed by atoms with van der Waals surface area (Å²) in [6, 6.07) is 5.64. The second-order valence-corrected chi connectivity index (χ2v) is 5.56. The molecule has 0 aliphatic rings. The Kier molecular flexibility index (Phi) is 3.26. The molecule has 18 heavy (non-hydrogen) atoms. The van der Waals surface area contributed by atoms with Crippen LogP contribution in [0, 0.1) is 13.8 Å². The smallest absolute Gasteiger partial charge is 0.255 e. The molecule has 0 saturated heterocycles. The summed E-state index contributed by atoms with van der Waals surface area (Å²) in [5.74, 6) is 0. The maximum absolute atomic E-state index is 12.2. The van der Waals surface area contributed by atoms with Crippen molar-refractivity contribution >= 4 is 11.5 Å². The second kappa shape index (κ2) is 4.57. The largest absolute Gasteiger partial charge is 0.346 e. The Hall–Kier alpha value is -1.62. The van der Waals surface area contributed by atoms with Crippen molar-refractivity contribution in [1.29, 1.82) is 0 Å². The third-order valence-electron chi connectivity index (χ3n) is 2.99. The minimum atomic E-state index is -0.261. The van der Waals surface area contributed by atoms with Crippen LogP contribution in [0.15, 0.2) is 27.8 Å². The molecular formula is C13H16N2O2S. The summed E-state index contributed by atoms with van der Waals surface area (Å²) in [5.41, 5.74) is 2.77. The fraction of sp³-hybridized carbons (Fsp3) is 0.385. The van der Waals surface area contributed by atoms with Gasteiger partial charge in [-0.25, -0.2) is 13.3 Å². The molecule has 0 bridgehead atoms. The first-order valence-corrected chi connectivity index (χ1v) is 6.61. The molecule has 0 aliphatic heterocycles. The van der Waals surface area contributed by atoms with Crippen LogP contribution in [0.1, 0.15) is 31.0 Å². The molecule has 0 N–H and O–H groups in total. The number of nitrogens with zero attached hydrogens (tertiary/aromatic N) is 2. The maximum atomic E-state index is 12.2. The predicted molar refractivity (Wildman–Crippen MR) is 74.0 cm³/mol. The monoisotopic (exact) mass is 264 g/mol. The molecule has 0 radical (unpaired) electrons. The number of rotatable bonds is 2. The molecule has 1 aromatic carbocycles. The summed E-state index contributed by atoms with van der Waals surface area (Å²) in [5, 5.41) is 0. The van der Waals surface area contributed by atoms with E-state index in [0.717, 1.165) is 22.8 Å². The van der Waals surface area contributed by atoms with Crippen LogP contribution in [0.4, 0.5) is 0 Å². The second-order valence-electron chi connectivity index (χ2n) is 4.67. The van der Waals surface area contributed by atoms with E-state index >= 15 is 0 Å². The van der Waals surface area contributed by atoms with Gasteiger partial charge >= 0.3 is 10.6 Å². The van der Waals surface area contributed by atoms with Crippen molar-refractivity contribution in [2.75, 3.05) is 0 Å². The van der Waals surface area contributed by atoms with Crippen molar-refractivity contribution in [2.45, 2.75) is 33.7 Å². The molecular weight excluding hydrogens is 248 g/mol. The van der Waals surface area contributed by atoms with Crippen molar-refractivity contribution in [2.24, 2.45) is 0 Å². The quantitative estimate of drug-likeness (QED) is 0.835. The standard InChI is InChI=1S/C13H16N2O2S/c1-8(2)14-12(16)15(18-13(14)17)11-6-5-9(3)10(4)7-11/h5-8H,1-4H3. The Labute approximate surface area is 109 Å². The molecule has 4 nitrogen and oxygen atoms in total. The van der Waals surface area contributed by atoms with Gasteiger partial charge < -0.3 is 0 Å². The Morgan fingerprint density at radius 2 is 1.78 bits per heavy atom. The third-order valence-corrected chi connectivity index (χ3v) is 3.89. The first kappa shape index (κ1) is 12.8. The van der Waals surface area contributed by atoms with Gasteiger partial charge in [0.2, 0.25) is 0 Å². The topological polar surface area (TPSA) is 44.0 Å². The zero-order valence-corrected chi connectivity index (χ0v) is 11.7. The lowest BCUT2D eigenvalue weighted by Gasteiger charge is -2.05. The molecule has 0 unspecified atom stereocenters. The first-order valence-electron chi connectivity index (χ1n) is 5.84. The van der Waals surface area contributed by atoms with Gasteiger partial charge in [-0.2, -0.15) is 0 Å². The van der Waals surface area contributed by atoms with Gasteiger partial charge in [0, 0.05) is 17.6 Å². The van der Waals surface area contributed by atoms with Gasteiger partial charge in [0.15, 0.2) is 0 Å². The first-order chi connectivity index (χ1) is 8.41. The summed E-state index contributed by atoms with van der Waals surface area (Å²) in [4.78, 5) is 23.7. The highest BCUT2D eigenvalue weighted by Gasteiger charge is 2.14. The average molecular weight is 264 g/mol. The van der Waals surface area contributed by atoms with E-state index in [9.17, 15) is 9.59 Å². The minimum Gasteiger partial charge on any atom is -0.255 e. The molecule has 0 spiro atoms. The van der Waals surface area contributed by atoms with Gasteiger partial charge in [0.25, 0.3) is 0 Å². The maximum Gasteiger partial charge on any atom is 0.346 e. The Bertz CT molecular complexity index is 692. The van der Waals surface area contributed by atoms with Crippen molar-refractivity contribution < 1.29 is 0 Å². The molecule has 2 aromatic rings. The molecule has 0 atom stereocenters. The summed E-state index contributed by atoms with van der Waals surface area (Å²) in [6.45, 7) is 7.68. The Morgan fingerprint density at radius 1 is 1.11 bits per heavy atom. The van der Waals surface area contributed by atoms with Crippen molar-refractivity contribution in [3.8, 4) is 5.69 Å². The van der Waals surface area contributed by atoms with Crippen LogP contribution < -0.4 is 10.6 Å². The number of aromatic nitrogens is 2. The fourth-order valence-corrected chi connectivity index (χ4v) is 2.70. The molecule has 0 fully saturated rings. The lowest BCUT2D eigenvalue weighted by atomic mass is 10.1. The highest BCUT2D eigenvalue weighted by atomic mass is 32.1. The third kappa shape index (κ3) is 2.06. The van der Waals surface area contributed by atoms with Crippen LogP contribution >= 0.6 is 11.5 Å². The van der Waals surface area contributed by atoms with Crippen LogP contribution in [-0.4, -0.2) is 8.52 Å². The summed E-state index contributed by atoms with van der Waals surface area (Å²) < 4.78 is 2.73. The highest BCUT2D eigenvalue weighted by molar-refractivity contribution is 7.03. The molecule has 1 aromatic heterocycles. The van der Waals surface area contributed by atoms with E-state index in [-0.39, 0.29) is 16.6 Å².